The van der Waals surface area contributed by atoms with Gasteiger partial charge in [-0.25, -0.2) is 0 Å². The molecule has 1 unspecified atom stereocenters. The van der Waals surface area contributed by atoms with E-state index in [4.69, 9.17) is 4.42 Å². The molecule has 0 amide bonds. The summed E-state index contributed by atoms with van der Waals surface area (Å²) in [4.78, 5) is 10.5. The van der Waals surface area contributed by atoms with Crippen molar-refractivity contribution in [3.05, 3.63) is 63.6 Å². The summed E-state index contributed by atoms with van der Waals surface area (Å²) in [6.45, 7) is 4.33. The molecular formula is C14H16N2O3. The second-order valence-electron chi connectivity index (χ2n) is 4.44. The number of hydrogen-bond acceptors (Lipinski definition) is 4. The highest BCUT2D eigenvalue weighted by Crippen LogP contribution is 2.22. The van der Waals surface area contributed by atoms with Crippen LogP contribution in [0.25, 0.3) is 0 Å². The molecule has 0 bridgehead atoms. The van der Waals surface area contributed by atoms with Crippen molar-refractivity contribution in [1.82, 2.24) is 5.32 Å². The van der Waals surface area contributed by atoms with Gasteiger partial charge in [-0.1, -0.05) is 12.1 Å². The second-order valence-corrected chi connectivity index (χ2v) is 4.44. The monoisotopic (exact) mass is 260 g/mol. The molecule has 1 heterocycles. The minimum atomic E-state index is -0.352. The molecule has 1 atom stereocenters. The zero-order valence-electron chi connectivity index (χ0n) is 10.9. The molecule has 1 N–H and O–H groups in total. The molecule has 5 heteroatoms. The van der Waals surface area contributed by atoms with Gasteiger partial charge in [0.2, 0.25) is 0 Å². The lowest BCUT2D eigenvalue weighted by Gasteiger charge is -2.12. The Kier molecular flexibility index (Phi) is 3.97. The molecule has 5 nitrogen and oxygen atoms in total. The molecule has 0 aliphatic heterocycles. The predicted molar refractivity (Wildman–Crippen MR) is 71.8 cm³/mol. The van der Waals surface area contributed by atoms with E-state index in [1.54, 1.807) is 19.3 Å². The number of benzene rings is 1. The van der Waals surface area contributed by atoms with Gasteiger partial charge in [-0.2, -0.15) is 0 Å². The van der Waals surface area contributed by atoms with Crippen LogP contribution in [0.5, 0.6) is 0 Å². The van der Waals surface area contributed by atoms with Crippen molar-refractivity contribution in [3.63, 3.8) is 0 Å². The van der Waals surface area contributed by atoms with E-state index in [1.807, 2.05) is 25.1 Å². The van der Waals surface area contributed by atoms with Gasteiger partial charge in [0.25, 0.3) is 5.69 Å². The first-order valence-corrected chi connectivity index (χ1v) is 6.09. The van der Waals surface area contributed by atoms with Crippen molar-refractivity contribution in [3.8, 4) is 0 Å². The topological polar surface area (TPSA) is 68.3 Å². The van der Waals surface area contributed by atoms with Gasteiger partial charge in [0.05, 0.1) is 17.2 Å². The molecule has 19 heavy (non-hydrogen) atoms. The maximum absolute atomic E-state index is 10.9. The molecule has 1 aromatic carbocycles. The summed E-state index contributed by atoms with van der Waals surface area (Å²) in [7, 11) is 0. The lowest BCUT2D eigenvalue weighted by atomic mass is 10.1. The van der Waals surface area contributed by atoms with Gasteiger partial charge in [-0.3, -0.25) is 10.1 Å². The summed E-state index contributed by atoms with van der Waals surface area (Å²) in [6.07, 6.45) is 1.63. The van der Waals surface area contributed by atoms with Crippen LogP contribution in [0, 0.1) is 17.0 Å². The third kappa shape index (κ3) is 3.00. The molecule has 0 saturated heterocycles. The Labute approximate surface area is 111 Å². The standard InChI is InChI=1S/C14H16N2O3/c1-10-12(5-3-6-13(10)16(17)18)9-15-11(2)14-7-4-8-19-14/h3-8,11,15H,9H2,1-2H3. The molecule has 0 fully saturated rings. The predicted octanol–water partition coefficient (Wildman–Crippen LogP) is 3.35. The van der Waals surface area contributed by atoms with Gasteiger partial charge >= 0.3 is 0 Å². The van der Waals surface area contributed by atoms with E-state index in [0.717, 1.165) is 11.3 Å². The van der Waals surface area contributed by atoms with Crippen molar-refractivity contribution in [2.75, 3.05) is 0 Å². The van der Waals surface area contributed by atoms with Gasteiger partial charge in [0, 0.05) is 18.2 Å². The molecule has 2 aromatic rings. The maximum Gasteiger partial charge on any atom is 0.272 e. The quantitative estimate of drug-likeness (QED) is 0.661. The average molecular weight is 260 g/mol. The van der Waals surface area contributed by atoms with Crippen molar-refractivity contribution >= 4 is 5.69 Å². The van der Waals surface area contributed by atoms with Crippen LogP contribution in [0.4, 0.5) is 5.69 Å². The van der Waals surface area contributed by atoms with Crippen molar-refractivity contribution in [2.45, 2.75) is 26.4 Å². The number of nitrogens with zero attached hydrogens (tertiary/aromatic N) is 1. The van der Waals surface area contributed by atoms with Crippen LogP contribution >= 0.6 is 0 Å². The highest BCUT2D eigenvalue weighted by atomic mass is 16.6. The number of nitro groups is 1. The molecule has 0 radical (unpaired) electrons. The largest absolute Gasteiger partial charge is 0.468 e. The van der Waals surface area contributed by atoms with Gasteiger partial charge in [0.1, 0.15) is 5.76 Å². The van der Waals surface area contributed by atoms with Crippen molar-refractivity contribution in [1.29, 1.82) is 0 Å². The van der Waals surface area contributed by atoms with E-state index >= 15 is 0 Å². The molecule has 2 rings (SSSR count). The van der Waals surface area contributed by atoms with Gasteiger partial charge in [-0.05, 0) is 31.5 Å². The van der Waals surface area contributed by atoms with Crippen LogP contribution in [0.2, 0.25) is 0 Å². The molecule has 0 aliphatic carbocycles. The zero-order chi connectivity index (χ0) is 13.8. The van der Waals surface area contributed by atoms with E-state index in [0.29, 0.717) is 12.1 Å². The lowest BCUT2D eigenvalue weighted by molar-refractivity contribution is -0.385. The Morgan fingerprint density at radius 2 is 2.16 bits per heavy atom. The fourth-order valence-corrected chi connectivity index (χ4v) is 1.96. The third-order valence-electron chi connectivity index (χ3n) is 3.18. The van der Waals surface area contributed by atoms with Gasteiger partial charge in [-0.15, -0.1) is 0 Å². The first-order valence-electron chi connectivity index (χ1n) is 6.09. The third-order valence-corrected chi connectivity index (χ3v) is 3.18. The van der Waals surface area contributed by atoms with E-state index in [9.17, 15) is 10.1 Å². The molecule has 0 aliphatic rings. The van der Waals surface area contributed by atoms with E-state index in [2.05, 4.69) is 5.32 Å². The smallest absolute Gasteiger partial charge is 0.272 e. The van der Waals surface area contributed by atoms with Crippen LogP contribution in [-0.2, 0) is 6.54 Å². The Morgan fingerprint density at radius 3 is 2.79 bits per heavy atom. The maximum atomic E-state index is 10.9. The Morgan fingerprint density at radius 1 is 1.37 bits per heavy atom. The van der Waals surface area contributed by atoms with Crippen LogP contribution in [0.15, 0.2) is 41.0 Å². The zero-order valence-corrected chi connectivity index (χ0v) is 10.9. The van der Waals surface area contributed by atoms with Crippen LogP contribution in [0.3, 0.4) is 0 Å². The average Bonchev–Trinajstić information content (AvgIpc) is 2.90. The highest BCUT2D eigenvalue weighted by Gasteiger charge is 2.14. The van der Waals surface area contributed by atoms with Crippen molar-refractivity contribution in [2.24, 2.45) is 0 Å². The molecule has 100 valence electrons. The number of nitro benzene ring substituents is 1. The second kappa shape index (κ2) is 5.67. The first kappa shape index (κ1) is 13.3. The number of hydrogen-bond donors (Lipinski definition) is 1. The molecule has 0 saturated carbocycles. The number of nitrogens with one attached hydrogen (secondary N) is 1. The van der Waals surface area contributed by atoms with Crippen LogP contribution in [-0.4, -0.2) is 4.92 Å². The molecular weight excluding hydrogens is 244 g/mol. The summed E-state index contributed by atoms with van der Waals surface area (Å²) >= 11 is 0. The van der Waals surface area contributed by atoms with Crippen LogP contribution in [0.1, 0.15) is 29.9 Å². The number of rotatable bonds is 5. The molecule has 1 aromatic heterocycles. The van der Waals surface area contributed by atoms with Gasteiger partial charge < -0.3 is 9.73 Å². The van der Waals surface area contributed by atoms with E-state index in [1.165, 1.54) is 6.07 Å². The number of furan rings is 1. The summed E-state index contributed by atoms with van der Waals surface area (Å²) < 4.78 is 5.31. The summed E-state index contributed by atoms with van der Waals surface area (Å²) in [5, 5.41) is 14.2. The first-order chi connectivity index (χ1) is 9.09. The lowest BCUT2D eigenvalue weighted by Crippen LogP contribution is -2.18. The van der Waals surface area contributed by atoms with E-state index in [-0.39, 0.29) is 16.7 Å². The summed E-state index contributed by atoms with van der Waals surface area (Å²) in [5.41, 5.74) is 1.78. The highest BCUT2D eigenvalue weighted by molar-refractivity contribution is 5.44. The van der Waals surface area contributed by atoms with Gasteiger partial charge in [0.15, 0.2) is 0 Å². The Hall–Kier alpha value is -2.14. The Bertz CT molecular complexity index is 564. The van der Waals surface area contributed by atoms with E-state index < -0.39 is 0 Å². The molecule has 0 spiro atoms. The Balaban J connectivity index is 2.08. The summed E-state index contributed by atoms with van der Waals surface area (Å²) in [5.74, 6) is 0.850. The minimum Gasteiger partial charge on any atom is -0.468 e. The summed E-state index contributed by atoms with van der Waals surface area (Å²) in [6, 6.07) is 8.93. The van der Waals surface area contributed by atoms with Crippen molar-refractivity contribution < 1.29 is 9.34 Å². The fraction of sp³-hybridized carbons (Fsp3) is 0.286. The minimum absolute atomic E-state index is 0.0636. The SMILES string of the molecule is Cc1c(CNC(C)c2ccco2)cccc1[N+](=O)[O-]. The van der Waals surface area contributed by atoms with Crippen LogP contribution < -0.4 is 5.32 Å². The normalized spacial score (nSPS) is 12.3. The fourth-order valence-electron chi connectivity index (χ4n) is 1.96.